The van der Waals surface area contributed by atoms with Gasteiger partial charge in [-0.15, -0.1) is 0 Å². The molecule has 0 radical (unpaired) electrons. The van der Waals surface area contributed by atoms with Crippen LogP contribution in [0.25, 0.3) is 10.9 Å². The molecule has 0 saturated carbocycles. The van der Waals surface area contributed by atoms with E-state index < -0.39 is 0 Å². The van der Waals surface area contributed by atoms with E-state index in [4.69, 9.17) is 0 Å². The number of nitrogens with one attached hydrogen (secondary N) is 1. The summed E-state index contributed by atoms with van der Waals surface area (Å²) in [4.78, 5) is 21.1. The maximum Gasteiger partial charge on any atom is 0.216 e. The minimum Gasteiger partial charge on any atom is -0.359 e. The molecule has 0 fully saturated rings. The van der Waals surface area contributed by atoms with Crippen molar-refractivity contribution in [1.82, 2.24) is 15.3 Å². The summed E-state index contributed by atoms with van der Waals surface area (Å²) in [6.45, 7) is 2.81. The van der Waals surface area contributed by atoms with Crippen molar-refractivity contribution in [2.45, 2.75) is 13.3 Å². The van der Waals surface area contributed by atoms with Crippen molar-refractivity contribution in [2.24, 2.45) is 0 Å². The molecular weight excluding hydrogens is 259 g/mol. The molecule has 1 aromatic carbocycles. The van der Waals surface area contributed by atoms with E-state index >= 15 is 0 Å². The Morgan fingerprint density at radius 2 is 2.20 bits per heavy atom. The molecule has 0 unspecified atom stereocenters. The van der Waals surface area contributed by atoms with Crippen molar-refractivity contribution < 1.29 is 9.18 Å². The van der Waals surface area contributed by atoms with Crippen molar-refractivity contribution in [3.05, 3.63) is 30.3 Å². The zero-order chi connectivity index (χ0) is 14.5. The summed E-state index contributed by atoms with van der Waals surface area (Å²) in [6.07, 6.45) is 2.26. The number of carbonyl (C=O) groups excluding carboxylic acids is 1. The highest BCUT2D eigenvalue weighted by Gasteiger charge is 2.09. The molecule has 1 amide bonds. The summed E-state index contributed by atoms with van der Waals surface area (Å²) >= 11 is 0. The molecule has 2 aromatic rings. The molecule has 5 nitrogen and oxygen atoms in total. The van der Waals surface area contributed by atoms with Crippen molar-refractivity contribution in [1.29, 1.82) is 0 Å². The molecule has 0 spiro atoms. The highest BCUT2D eigenvalue weighted by molar-refractivity contribution is 5.89. The van der Waals surface area contributed by atoms with Gasteiger partial charge in [0.05, 0.1) is 5.52 Å². The van der Waals surface area contributed by atoms with Crippen LogP contribution in [0.5, 0.6) is 0 Å². The number of carbonyl (C=O) groups is 1. The maximum atomic E-state index is 13.4. The van der Waals surface area contributed by atoms with Crippen LogP contribution in [0.1, 0.15) is 13.3 Å². The van der Waals surface area contributed by atoms with Gasteiger partial charge in [-0.1, -0.05) is 0 Å². The minimum atomic E-state index is -0.305. The van der Waals surface area contributed by atoms with Gasteiger partial charge in [0.1, 0.15) is 18.0 Å². The second kappa shape index (κ2) is 6.27. The first-order valence-electron chi connectivity index (χ1n) is 6.44. The lowest BCUT2D eigenvalue weighted by Gasteiger charge is -2.19. The molecule has 0 atom stereocenters. The molecule has 0 aliphatic heterocycles. The number of amides is 1. The zero-order valence-corrected chi connectivity index (χ0v) is 11.6. The highest BCUT2D eigenvalue weighted by Crippen LogP contribution is 2.22. The van der Waals surface area contributed by atoms with Crippen LogP contribution >= 0.6 is 0 Å². The number of hydrogen-bond acceptors (Lipinski definition) is 4. The molecule has 0 saturated heterocycles. The van der Waals surface area contributed by atoms with Crippen molar-refractivity contribution >= 4 is 22.6 Å². The predicted octanol–water partition coefficient (Wildman–Crippen LogP) is 1.73. The van der Waals surface area contributed by atoms with E-state index in [2.05, 4.69) is 15.3 Å². The molecule has 1 heterocycles. The highest BCUT2D eigenvalue weighted by atomic mass is 19.1. The van der Waals surface area contributed by atoms with Crippen LogP contribution in [0.4, 0.5) is 10.2 Å². The average Bonchev–Trinajstić information content (AvgIpc) is 2.42. The predicted molar refractivity (Wildman–Crippen MR) is 76.1 cm³/mol. The van der Waals surface area contributed by atoms with E-state index in [1.54, 1.807) is 6.07 Å². The summed E-state index contributed by atoms with van der Waals surface area (Å²) in [7, 11) is 1.89. The summed E-state index contributed by atoms with van der Waals surface area (Å²) in [5.41, 5.74) is 0.713. The van der Waals surface area contributed by atoms with Gasteiger partial charge in [0, 0.05) is 32.4 Å². The lowest BCUT2D eigenvalue weighted by molar-refractivity contribution is -0.118. The number of nitrogens with zero attached hydrogens (tertiary/aromatic N) is 3. The number of hydrogen-bond donors (Lipinski definition) is 1. The molecule has 2 rings (SSSR count). The molecule has 1 N–H and O–H groups in total. The fourth-order valence-electron chi connectivity index (χ4n) is 2.01. The third kappa shape index (κ3) is 3.40. The Morgan fingerprint density at radius 1 is 1.40 bits per heavy atom. The molecule has 106 valence electrons. The first kappa shape index (κ1) is 14.2. The molecule has 1 aromatic heterocycles. The van der Waals surface area contributed by atoms with Crippen LogP contribution in [-0.4, -0.2) is 36.0 Å². The average molecular weight is 276 g/mol. The Kier molecular flexibility index (Phi) is 4.45. The smallest absolute Gasteiger partial charge is 0.216 e. The van der Waals surface area contributed by atoms with E-state index in [0.717, 1.165) is 6.42 Å². The second-order valence-electron chi connectivity index (χ2n) is 4.62. The Bertz CT molecular complexity index is 617. The molecule has 0 aliphatic rings. The summed E-state index contributed by atoms with van der Waals surface area (Å²) in [5, 5.41) is 3.43. The fourth-order valence-corrected chi connectivity index (χ4v) is 2.01. The zero-order valence-electron chi connectivity index (χ0n) is 11.6. The first-order valence-corrected chi connectivity index (χ1v) is 6.44. The number of halogens is 1. The van der Waals surface area contributed by atoms with E-state index in [1.165, 1.54) is 25.4 Å². The molecule has 0 aliphatic carbocycles. The Hall–Kier alpha value is -2.24. The van der Waals surface area contributed by atoms with E-state index in [9.17, 15) is 9.18 Å². The van der Waals surface area contributed by atoms with Gasteiger partial charge in [-0.05, 0) is 24.6 Å². The summed E-state index contributed by atoms with van der Waals surface area (Å²) < 4.78 is 13.4. The van der Waals surface area contributed by atoms with Crippen molar-refractivity contribution in [3.8, 4) is 0 Å². The first-order chi connectivity index (χ1) is 9.58. The van der Waals surface area contributed by atoms with Gasteiger partial charge in [0.25, 0.3) is 0 Å². The van der Waals surface area contributed by atoms with Gasteiger partial charge in [-0.25, -0.2) is 14.4 Å². The topological polar surface area (TPSA) is 58.1 Å². The van der Waals surface area contributed by atoms with Gasteiger partial charge >= 0.3 is 0 Å². The third-order valence-corrected chi connectivity index (χ3v) is 2.98. The van der Waals surface area contributed by atoms with Crippen LogP contribution in [0.3, 0.4) is 0 Å². The SMILES string of the molecule is CC(=O)NCCCN(C)c1ncnc2ccc(F)cc12. The monoisotopic (exact) mass is 276 g/mol. The van der Waals surface area contributed by atoms with Crippen molar-refractivity contribution in [3.63, 3.8) is 0 Å². The number of fused-ring (bicyclic) bond motifs is 1. The number of rotatable bonds is 5. The Morgan fingerprint density at radius 3 is 2.95 bits per heavy atom. The number of anilines is 1. The van der Waals surface area contributed by atoms with Crippen LogP contribution < -0.4 is 10.2 Å². The lowest BCUT2D eigenvalue weighted by atomic mass is 10.2. The molecule has 20 heavy (non-hydrogen) atoms. The molecule has 0 bridgehead atoms. The third-order valence-electron chi connectivity index (χ3n) is 2.98. The van der Waals surface area contributed by atoms with E-state index in [-0.39, 0.29) is 11.7 Å². The van der Waals surface area contributed by atoms with Gasteiger partial charge in [0.15, 0.2) is 0 Å². The largest absolute Gasteiger partial charge is 0.359 e. The maximum absolute atomic E-state index is 13.4. The Labute approximate surface area is 116 Å². The second-order valence-corrected chi connectivity index (χ2v) is 4.62. The van der Waals surface area contributed by atoms with Crippen molar-refractivity contribution in [2.75, 3.05) is 25.0 Å². The summed E-state index contributed by atoms with van der Waals surface area (Å²) in [5.74, 6) is 0.347. The quantitative estimate of drug-likeness (QED) is 0.845. The Balaban J connectivity index is 2.11. The fraction of sp³-hybridized carbons (Fsp3) is 0.357. The van der Waals surface area contributed by atoms with Crippen LogP contribution in [-0.2, 0) is 4.79 Å². The van der Waals surface area contributed by atoms with Gasteiger partial charge < -0.3 is 10.2 Å². The van der Waals surface area contributed by atoms with Gasteiger partial charge in [-0.2, -0.15) is 0 Å². The van der Waals surface area contributed by atoms with Gasteiger partial charge in [-0.3, -0.25) is 4.79 Å². The molecular formula is C14H17FN4O. The van der Waals surface area contributed by atoms with Crippen LogP contribution in [0, 0.1) is 5.82 Å². The summed E-state index contributed by atoms with van der Waals surface area (Å²) in [6, 6.07) is 4.46. The number of benzene rings is 1. The van der Waals surface area contributed by atoms with Crippen LogP contribution in [0.15, 0.2) is 24.5 Å². The van der Waals surface area contributed by atoms with Crippen LogP contribution in [0.2, 0.25) is 0 Å². The van der Waals surface area contributed by atoms with E-state index in [0.29, 0.717) is 29.8 Å². The molecule has 6 heteroatoms. The standard InChI is InChI=1S/C14H17FN4O/c1-10(20)16-6-3-7-19(2)14-12-8-11(15)4-5-13(12)17-9-18-14/h4-5,8-9H,3,6-7H2,1-2H3,(H,16,20). The van der Waals surface area contributed by atoms with E-state index in [1.807, 2.05) is 11.9 Å². The number of aromatic nitrogens is 2. The normalized spacial score (nSPS) is 10.6. The minimum absolute atomic E-state index is 0.0396. The van der Waals surface area contributed by atoms with Gasteiger partial charge in [0.2, 0.25) is 5.91 Å². The lowest BCUT2D eigenvalue weighted by Crippen LogP contribution is -2.26.